The van der Waals surface area contributed by atoms with Gasteiger partial charge in [-0.15, -0.1) is 12.4 Å². The van der Waals surface area contributed by atoms with Gasteiger partial charge in [0.1, 0.15) is 6.04 Å². The first kappa shape index (κ1) is 12.1. The van der Waals surface area contributed by atoms with Crippen LogP contribution in [0.25, 0.3) is 10.9 Å². The van der Waals surface area contributed by atoms with E-state index >= 15 is 0 Å². The predicted octanol–water partition coefficient (Wildman–Crippen LogP) is 2.37. The number of carbonyl (C=O) groups is 1. The van der Waals surface area contributed by atoms with Gasteiger partial charge in [-0.25, -0.2) is 0 Å². The van der Waals surface area contributed by atoms with Gasteiger partial charge in [0.05, 0.1) is 0 Å². The fraction of sp³-hybridized carbons (Fsp3) is 0.308. The van der Waals surface area contributed by atoms with Crippen LogP contribution in [0.4, 0.5) is 0 Å². The molecule has 2 N–H and O–H groups in total. The SMILES string of the molecule is CC(=O)C1NCCc2c1[nH]c1ccccc21.Cl. The number of Topliss-reactive ketones (excluding diaryl/α,β-unsaturated/α-hetero) is 1. The minimum absolute atomic E-state index is 0. The Kier molecular flexibility index (Phi) is 3.22. The maximum atomic E-state index is 11.6. The summed E-state index contributed by atoms with van der Waals surface area (Å²) in [6.45, 7) is 2.51. The molecule has 1 aliphatic rings. The van der Waals surface area contributed by atoms with Gasteiger partial charge in [-0.05, 0) is 25.0 Å². The number of nitrogens with one attached hydrogen (secondary N) is 2. The van der Waals surface area contributed by atoms with E-state index in [2.05, 4.69) is 22.4 Å². The van der Waals surface area contributed by atoms with E-state index in [-0.39, 0.29) is 24.2 Å². The van der Waals surface area contributed by atoms with E-state index in [1.54, 1.807) is 6.92 Å². The molecular weight excluding hydrogens is 236 g/mol. The number of rotatable bonds is 1. The van der Waals surface area contributed by atoms with Gasteiger partial charge in [0, 0.05) is 23.1 Å². The Morgan fingerprint density at radius 1 is 1.35 bits per heavy atom. The number of carbonyl (C=O) groups excluding carboxylic acids is 1. The van der Waals surface area contributed by atoms with Gasteiger partial charge in [-0.2, -0.15) is 0 Å². The van der Waals surface area contributed by atoms with Gasteiger partial charge < -0.3 is 10.3 Å². The molecule has 0 saturated carbocycles. The maximum Gasteiger partial charge on any atom is 0.152 e. The van der Waals surface area contributed by atoms with Gasteiger partial charge in [0.15, 0.2) is 5.78 Å². The van der Waals surface area contributed by atoms with Crippen LogP contribution in [0.5, 0.6) is 0 Å². The summed E-state index contributed by atoms with van der Waals surface area (Å²) in [4.78, 5) is 14.9. The second kappa shape index (κ2) is 4.51. The van der Waals surface area contributed by atoms with Crippen molar-refractivity contribution in [3.05, 3.63) is 35.5 Å². The predicted molar refractivity (Wildman–Crippen MR) is 70.7 cm³/mol. The van der Waals surface area contributed by atoms with Crippen molar-refractivity contribution in [3.8, 4) is 0 Å². The van der Waals surface area contributed by atoms with E-state index in [0.29, 0.717) is 0 Å². The third kappa shape index (κ3) is 1.85. The Labute approximate surface area is 106 Å². The topological polar surface area (TPSA) is 44.9 Å². The van der Waals surface area contributed by atoms with Crippen LogP contribution in [0, 0.1) is 0 Å². The molecular formula is C13H15ClN2O. The number of hydrogen-bond acceptors (Lipinski definition) is 2. The highest BCUT2D eigenvalue weighted by Gasteiger charge is 2.26. The second-order valence-corrected chi connectivity index (χ2v) is 4.31. The Morgan fingerprint density at radius 2 is 2.12 bits per heavy atom. The first-order valence-corrected chi connectivity index (χ1v) is 5.60. The molecule has 1 aromatic carbocycles. The Hall–Kier alpha value is -1.32. The molecule has 0 amide bonds. The van der Waals surface area contributed by atoms with Crippen LogP contribution in [0.1, 0.15) is 24.2 Å². The molecule has 4 heteroatoms. The Morgan fingerprint density at radius 3 is 2.88 bits per heavy atom. The van der Waals surface area contributed by atoms with Gasteiger partial charge in [-0.3, -0.25) is 4.79 Å². The number of ketones is 1. The Balaban J connectivity index is 0.00000108. The molecule has 3 rings (SSSR count). The average Bonchev–Trinajstić information content (AvgIpc) is 2.67. The standard InChI is InChI=1S/C13H14N2O.ClH/c1-8(16)12-13-10(6-7-14-12)9-4-2-3-5-11(9)15-13;/h2-5,12,14-15H,6-7H2,1H3;1H. The molecule has 0 bridgehead atoms. The van der Waals surface area contributed by atoms with E-state index in [1.165, 1.54) is 10.9 Å². The maximum absolute atomic E-state index is 11.6. The van der Waals surface area contributed by atoms with Gasteiger partial charge >= 0.3 is 0 Å². The number of halogens is 1. The molecule has 1 aliphatic heterocycles. The Bertz CT molecular complexity index is 562. The molecule has 1 aromatic heterocycles. The molecule has 1 unspecified atom stereocenters. The average molecular weight is 251 g/mol. The van der Waals surface area contributed by atoms with E-state index < -0.39 is 0 Å². The lowest BCUT2D eigenvalue weighted by Gasteiger charge is -2.21. The number of benzene rings is 1. The lowest BCUT2D eigenvalue weighted by Crippen LogP contribution is -2.33. The molecule has 0 saturated heterocycles. The van der Waals surface area contributed by atoms with Crippen LogP contribution < -0.4 is 5.32 Å². The molecule has 3 nitrogen and oxygen atoms in total. The van der Waals surface area contributed by atoms with Crippen molar-refractivity contribution in [2.45, 2.75) is 19.4 Å². The number of hydrogen-bond donors (Lipinski definition) is 2. The fourth-order valence-corrected chi connectivity index (χ4v) is 2.53. The number of aromatic amines is 1. The van der Waals surface area contributed by atoms with Crippen molar-refractivity contribution in [3.63, 3.8) is 0 Å². The summed E-state index contributed by atoms with van der Waals surface area (Å²) in [5.41, 5.74) is 3.48. The van der Waals surface area contributed by atoms with Gasteiger partial charge in [-0.1, -0.05) is 18.2 Å². The van der Waals surface area contributed by atoms with Crippen molar-refractivity contribution < 1.29 is 4.79 Å². The van der Waals surface area contributed by atoms with Crippen molar-refractivity contribution >= 4 is 29.1 Å². The van der Waals surface area contributed by atoms with E-state index in [9.17, 15) is 4.79 Å². The lowest BCUT2D eigenvalue weighted by molar-refractivity contribution is -0.119. The van der Waals surface area contributed by atoms with E-state index in [1.807, 2.05) is 12.1 Å². The number of H-pyrrole nitrogens is 1. The minimum Gasteiger partial charge on any atom is -0.356 e. The highest BCUT2D eigenvalue weighted by Crippen LogP contribution is 2.30. The van der Waals surface area contributed by atoms with Crippen molar-refractivity contribution in [1.29, 1.82) is 0 Å². The van der Waals surface area contributed by atoms with Crippen molar-refractivity contribution in [1.82, 2.24) is 10.3 Å². The fourth-order valence-electron chi connectivity index (χ4n) is 2.53. The second-order valence-electron chi connectivity index (χ2n) is 4.31. The molecule has 90 valence electrons. The zero-order valence-electron chi connectivity index (χ0n) is 9.62. The zero-order valence-corrected chi connectivity index (χ0v) is 10.4. The normalized spacial score (nSPS) is 18.5. The summed E-state index contributed by atoms with van der Waals surface area (Å²) >= 11 is 0. The van der Waals surface area contributed by atoms with E-state index in [4.69, 9.17) is 0 Å². The number of fused-ring (bicyclic) bond motifs is 3. The van der Waals surface area contributed by atoms with E-state index in [0.717, 1.165) is 24.2 Å². The van der Waals surface area contributed by atoms with Crippen LogP contribution in [0.15, 0.2) is 24.3 Å². The summed E-state index contributed by atoms with van der Waals surface area (Å²) in [6.07, 6.45) is 0.989. The van der Waals surface area contributed by atoms with Crippen molar-refractivity contribution in [2.75, 3.05) is 6.54 Å². The highest BCUT2D eigenvalue weighted by molar-refractivity contribution is 5.90. The summed E-state index contributed by atoms with van der Waals surface area (Å²) in [6, 6.07) is 8.08. The molecule has 2 heterocycles. The molecule has 17 heavy (non-hydrogen) atoms. The van der Waals surface area contributed by atoms with Crippen molar-refractivity contribution in [2.24, 2.45) is 0 Å². The molecule has 0 aliphatic carbocycles. The summed E-state index contributed by atoms with van der Waals surface area (Å²) in [5, 5.41) is 4.51. The highest BCUT2D eigenvalue weighted by atomic mass is 35.5. The van der Waals surface area contributed by atoms with Crippen LogP contribution in [-0.4, -0.2) is 17.3 Å². The van der Waals surface area contributed by atoms with Crippen LogP contribution in [0.3, 0.4) is 0 Å². The monoisotopic (exact) mass is 250 g/mol. The molecule has 2 aromatic rings. The number of para-hydroxylation sites is 1. The summed E-state index contributed by atoms with van der Waals surface area (Å²) in [7, 11) is 0. The third-order valence-electron chi connectivity index (χ3n) is 3.27. The molecule has 0 spiro atoms. The third-order valence-corrected chi connectivity index (χ3v) is 3.27. The van der Waals surface area contributed by atoms with Crippen LogP contribution >= 0.6 is 12.4 Å². The zero-order chi connectivity index (χ0) is 11.1. The first-order valence-electron chi connectivity index (χ1n) is 5.60. The van der Waals surface area contributed by atoms with Gasteiger partial charge in [0.2, 0.25) is 0 Å². The molecule has 0 radical (unpaired) electrons. The summed E-state index contributed by atoms with van der Waals surface area (Å²) < 4.78 is 0. The smallest absolute Gasteiger partial charge is 0.152 e. The van der Waals surface area contributed by atoms with Gasteiger partial charge in [0.25, 0.3) is 0 Å². The van der Waals surface area contributed by atoms with Crippen LogP contribution in [-0.2, 0) is 11.2 Å². The largest absolute Gasteiger partial charge is 0.356 e. The molecule has 1 atom stereocenters. The lowest BCUT2D eigenvalue weighted by atomic mass is 9.97. The minimum atomic E-state index is -0.156. The summed E-state index contributed by atoms with van der Waals surface area (Å²) in [5.74, 6) is 0.174. The number of aromatic nitrogens is 1. The van der Waals surface area contributed by atoms with Crippen LogP contribution in [0.2, 0.25) is 0 Å². The quantitative estimate of drug-likeness (QED) is 0.816. The first-order chi connectivity index (χ1) is 7.77. The molecule has 0 fully saturated rings.